The van der Waals surface area contributed by atoms with Crippen LogP contribution >= 0.6 is 0 Å². The number of primary amides is 1. The molecule has 1 aliphatic heterocycles. The van der Waals surface area contributed by atoms with Crippen LogP contribution in [0.5, 0.6) is 0 Å². The zero-order valence-electron chi connectivity index (χ0n) is 17.4. The van der Waals surface area contributed by atoms with Gasteiger partial charge in [0.25, 0.3) is 11.5 Å². The molecule has 1 fully saturated rings. The van der Waals surface area contributed by atoms with E-state index in [1.165, 1.54) is 22.9 Å². The van der Waals surface area contributed by atoms with E-state index >= 15 is 0 Å². The molecule has 0 radical (unpaired) electrons. The molecular formula is C23H19FN6O3. The topological polar surface area (TPSA) is 127 Å². The molecule has 1 atom stereocenters. The molecule has 0 unspecified atom stereocenters. The Hall–Kier alpha value is -4.34. The fourth-order valence-electron chi connectivity index (χ4n) is 4.00. The molecule has 0 saturated carbocycles. The highest BCUT2D eigenvalue weighted by Crippen LogP contribution is 2.21. The minimum atomic E-state index is -0.405. The van der Waals surface area contributed by atoms with Gasteiger partial charge >= 0.3 is 0 Å². The molecule has 9 nitrogen and oxygen atoms in total. The summed E-state index contributed by atoms with van der Waals surface area (Å²) in [6.45, 7) is 0.817. The Labute approximate surface area is 186 Å². The number of fused-ring (bicyclic) bond motifs is 1. The number of nitrogens with zero attached hydrogens (tertiary/aromatic N) is 4. The number of hydrogen-bond acceptors (Lipinski definition) is 5. The molecule has 0 aliphatic carbocycles. The van der Waals surface area contributed by atoms with Crippen LogP contribution in [0, 0.1) is 11.7 Å². The number of pyridine rings is 1. The molecule has 4 aromatic rings. The van der Waals surface area contributed by atoms with Gasteiger partial charge in [-0.2, -0.15) is 0 Å². The SMILES string of the molecule is NC(=O)[C@H]1CCN(C(=O)c2ccc(-n3cc(-c4cc5cc(F)ccc5[nH]c4=O)nn3)cc2)C1. The Morgan fingerprint density at radius 2 is 1.91 bits per heavy atom. The number of carbonyl (C=O) groups is 2. The third-order valence-corrected chi connectivity index (χ3v) is 5.83. The maximum Gasteiger partial charge on any atom is 0.258 e. The van der Waals surface area contributed by atoms with Crippen LogP contribution in [0.25, 0.3) is 27.8 Å². The van der Waals surface area contributed by atoms with E-state index in [9.17, 15) is 18.8 Å². The van der Waals surface area contributed by atoms with E-state index < -0.39 is 11.7 Å². The van der Waals surface area contributed by atoms with Crippen LogP contribution in [-0.2, 0) is 4.79 Å². The minimum absolute atomic E-state index is 0.167. The van der Waals surface area contributed by atoms with Crippen molar-refractivity contribution in [1.29, 1.82) is 0 Å². The number of aromatic nitrogens is 4. The number of H-pyrrole nitrogens is 1. The zero-order chi connectivity index (χ0) is 23.1. The number of aromatic amines is 1. The molecular weight excluding hydrogens is 427 g/mol. The van der Waals surface area contributed by atoms with Crippen LogP contribution in [0.15, 0.2) is 59.5 Å². The average Bonchev–Trinajstić information content (AvgIpc) is 3.49. The Morgan fingerprint density at radius 1 is 1.12 bits per heavy atom. The number of likely N-dealkylation sites (tertiary alicyclic amines) is 1. The molecule has 2 aromatic carbocycles. The van der Waals surface area contributed by atoms with E-state index in [1.807, 2.05) is 0 Å². The maximum absolute atomic E-state index is 13.6. The molecule has 0 spiro atoms. The number of nitrogens with two attached hydrogens (primary N) is 1. The van der Waals surface area contributed by atoms with Gasteiger partial charge in [0.15, 0.2) is 0 Å². The van der Waals surface area contributed by atoms with Gasteiger partial charge in [-0.1, -0.05) is 5.21 Å². The van der Waals surface area contributed by atoms with Gasteiger partial charge in [0, 0.05) is 29.6 Å². The quantitative estimate of drug-likeness (QED) is 0.495. The molecule has 1 aliphatic rings. The predicted octanol–water partition coefficient (Wildman–Crippen LogP) is 1.86. The van der Waals surface area contributed by atoms with Gasteiger partial charge in [0.1, 0.15) is 11.5 Å². The molecule has 5 rings (SSSR count). The minimum Gasteiger partial charge on any atom is -0.369 e. The molecule has 0 bridgehead atoms. The molecule has 3 N–H and O–H groups in total. The van der Waals surface area contributed by atoms with Crippen LogP contribution in [0.1, 0.15) is 16.8 Å². The number of hydrogen-bond donors (Lipinski definition) is 2. The number of benzene rings is 2. The molecule has 3 heterocycles. The number of halogens is 1. The van der Waals surface area contributed by atoms with Crippen LogP contribution in [0.4, 0.5) is 4.39 Å². The molecule has 1 saturated heterocycles. The lowest BCUT2D eigenvalue weighted by atomic mass is 10.1. The molecule has 33 heavy (non-hydrogen) atoms. The van der Waals surface area contributed by atoms with Gasteiger partial charge in [-0.3, -0.25) is 14.4 Å². The van der Waals surface area contributed by atoms with Gasteiger partial charge in [0.2, 0.25) is 5.91 Å². The van der Waals surface area contributed by atoms with Crippen LogP contribution in [0.2, 0.25) is 0 Å². The number of rotatable bonds is 4. The monoisotopic (exact) mass is 446 g/mol. The fraction of sp³-hybridized carbons (Fsp3) is 0.174. The van der Waals surface area contributed by atoms with E-state index in [1.54, 1.807) is 41.4 Å². The first kappa shape index (κ1) is 20.6. The van der Waals surface area contributed by atoms with Gasteiger partial charge < -0.3 is 15.6 Å². The van der Waals surface area contributed by atoms with Gasteiger partial charge in [-0.25, -0.2) is 9.07 Å². The molecule has 2 aromatic heterocycles. The highest BCUT2D eigenvalue weighted by atomic mass is 19.1. The van der Waals surface area contributed by atoms with Crippen LogP contribution < -0.4 is 11.3 Å². The third kappa shape index (κ3) is 3.86. The summed E-state index contributed by atoms with van der Waals surface area (Å²) in [6.07, 6.45) is 2.16. The predicted molar refractivity (Wildman–Crippen MR) is 118 cm³/mol. The van der Waals surface area contributed by atoms with Gasteiger partial charge in [-0.15, -0.1) is 5.10 Å². The molecule has 10 heteroatoms. The summed E-state index contributed by atoms with van der Waals surface area (Å²) in [5.41, 5.74) is 7.23. The first-order chi connectivity index (χ1) is 15.9. The van der Waals surface area contributed by atoms with Crippen molar-refractivity contribution in [3.05, 3.63) is 76.5 Å². The largest absolute Gasteiger partial charge is 0.369 e. The number of carbonyl (C=O) groups excluding carboxylic acids is 2. The van der Waals surface area contributed by atoms with Crippen LogP contribution in [0.3, 0.4) is 0 Å². The fourth-order valence-corrected chi connectivity index (χ4v) is 4.00. The Kier molecular flexibility index (Phi) is 4.97. The van der Waals surface area contributed by atoms with E-state index in [4.69, 9.17) is 5.73 Å². The third-order valence-electron chi connectivity index (χ3n) is 5.83. The van der Waals surface area contributed by atoms with Crippen molar-refractivity contribution in [2.75, 3.05) is 13.1 Å². The Bertz CT molecular complexity index is 1440. The van der Waals surface area contributed by atoms with Gasteiger partial charge in [-0.05, 0) is 55.0 Å². The highest BCUT2D eigenvalue weighted by molar-refractivity contribution is 5.95. The second-order valence-corrected chi connectivity index (χ2v) is 7.98. The van der Waals surface area contributed by atoms with Crippen molar-refractivity contribution >= 4 is 22.7 Å². The summed E-state index contributed by atoms with van der Waals surface area (Å²) in [5, 5.41) is 8.70. The van der Waals surface area contributed by atoms with Crippen molar-refractivity contribution in [3.8, 4) is 16.9 Å². The first-order valence-corrected chi connectivity index (χ1v) is 10.3. The molecule has 2 amide bonds. The van der Waals surface area contributed by atoms with Crippen LogP contribution in [-0.4, -0.2) is 49.8 Å². The van der Waals surface area contributed by atoms with Crippen molar-refractivity contribution < 1.29 is 14.0 Å². The normalized spacial score (nSPS) is 15.8. The zero-order valence-corrected chi connectivity index (χ0v) is 17.4. The van der Waals surface area contributed by atoms with E-state index in [0.717, 1.165) is 0 Å². The van der Waals surface area contributed by atoms with E-state index in [2.05, 4.69) is 15.3 Å². The van der Waals surface area contributed by atoms with Crippen molar-refractivity contribution in [3.63, 3.8) is 0 Å². The summed E-state index contributed by atoms with van der Waals surface area (Å²) in [4.78, 5) is 40.9. The van der Waals surface area contributed by atoms with Gasteiger partial charge in [0.05, 0.1) is 23.4 Å². The summed E-state index contributed by atoms with van der Waals surface area (Å²) >= 11 is 0. The summed E-state index contributed by atoms with van der Waals surface area (Å²) in [7, 11) is 0. The highest BCUT2D eigenvalue weighted by Gasteiger charge is 2.30. The standard InChI is InChI=1S/C23H19FN6O3/c24-16-3-6-19-15(9-16)10-18(22(32)26-19)20-12-30(28-27-20)17-4-1-13(2-5-17)23(33)29-8-7-14(11-29)21(25)31/h1-6,9-10,12,14H,7-8,11H2,(H2,25,31)(H,26,32)/t14-/m0/s1. The Morgan fingerprint density at radius 3 is 2.64 bits per heavy atom. The average molecular weight is 446 g/mol. The summed E-state index contributed by atoms with van der Waals surface area (Å²) in [5.74, 6) is -1.27. The molecule has 166 valence electrons. The summed E-state index contributed by atoms with van der Waals surface area (Å²) in [6, 6.07) is 12.5. The van der Waals surface area contributed by atoms with Crippen molar-refractivity contribution in [2.45, 2.75) is 6.42 Å². The van der Waals surface area contributed by atoms with Crippen molar-refractivity contribution in [1.82, 2.24) is 24.9 Å². The van der Waals surface area contributed by atoms with E-state index in [0.29, 0.717) is 47.4 Å². The Balaban J connectivity index is 1.38. The number of amides is 2. The number of nitrogens with one attached hydrogen (secondary N) is 1. The second kappa shape index (κ2) is 7.97. The lowest BCUT2D eigenvalue weighted by Gasteiger charge is -2.16. The first-order valence-electron chi connectivity index (χ1n) is 10.3. The lowest BCUT2D eigenvalue weighted by molar-refractivity contribution is -0.121. The summed E-state index contributed by atoms with van der Waals surface area (Å²) < 4.78 is 15.1. The maximum atomic E-state index is 13.6. The van der Waals surface area contributed by atoms with Crippen molar-refractivity contribution in [2.24, 2.45) is 11.7 Å². The smallest absolute Gasteiger partial charge is 0.258 e. The second-order valence-electron chi connectivity index (χ2n) is 7.98. The lowest BCUT2D eigenvalue weighted by Crippen LogP contribution is -2.31. The van der Waals surface area contributed by atoms with E-state index in [-0.39, 0.29) is 22.9 Å².